The molecule has 1 N–H and O–H groups in total. The molecule has 11 nitrogen and oxygen atoms in total. The van der Waals surface area contributed by atoms with Gasteiger partial charge in [-0.25, -0.2) is 19.0 Å². The number of nitrogens with one attached hydrogen (secondary N) is 1. The second-order valence-corrected chi connectivity index (χ2v) is 10.1. The van der Waals surface area contributed by atoms with Gasteiger partial charge in [0.05, 0.1) is 12.6 Å². The molecule has 5 rings (SSSR count). The van der Waals surface area contributed by atoms with Crippen LogP contribution in [-0.2, 0) is 6.54 Å². The lowest BCUT2D eigenvalue weighted by atomic mass is 10.0. The number of hydrogen-bond donors (Lipinski definition) is 1. The van der Waals surface area contributed by atoms with Crippen molar-refractivity contribution < 1.29 is 0 Å². The van der Waals surface area contributed by atoms with Gasteiger partial charge in [-0.15, -0.1) is 11.7 Å². The number of aryl methyl sites for hydroxylation is 1. The van der Waals surface area contributed by atoms with Crippen LogP contribution in [0, 0.1) is 6.92 Å². The number of rotatable bonds is 8. The quantitative estimate of drug-likeness (QED) is 0.357. The van der Waals surface area contributed by atoms with Crippen LogP contribution in [0.15, 0.2) is 58.8 Å². The monoisotopic (exact) mass is 515 g/mol. The summed E-state index contributed by atoms with van der Waals surface area (Å²) in [5, 5.41) is 8.14. The molecule has 11 heteroatoms. The Balaban J connectivity index is 1.51. The van der Waals surface area contributed by atoms with Crippen molar-refractivity contribution in [3.8, 4) is 5.82 Å². The Kier molecular flexibility index (Phi) is 6.62. The highest BCUT2D eigenvalue weighted by Crippen LogP contribution is 2.29. The van der Waals surface area contributed by atoms with Crippen LogP contribution in [0.3, 0.4) is 0 Å². The highest BCUT2D eigenvalue weighted by Gasteiger charge is 2.29. The van der Waals surface area contributed by atoms with E-state index >= 15 is 0 Å². The van der Waals surface area contributed by atoms with Crippen molar-refractivity contribution in [2.45, 2.75) is 39.4 Å². The number of nitrogens with zero attached hydrogens (tertiary/aromatic N) is 8. The van der Waals surface area contributed by atoms with Crippen LogP contribution in [0.25, 0.3) is 16.9 Å². The Hall–Kier alpha value is -4.25. The zero-order valence-corrected chi connectivity index (χ0v) is 22.4. The minimum absolute atomic E-state index is 0.146. The summed E-state index contributed by atoms with van der Waals surface area (Å²) in [4.78, 5) is 39.2. The fourth-order valence-electron chi connectivity index (χ4n) is 4.70. The van der Waals surface area contributed by atoms with Crippen LogP contribution in [0.4, 0.5) is 17.3 Å². The van der Waals surface area contributed by atoms with E-state index in [1.807, 2.05) is 19.9 Å². The Bertz CT molecular complexity index is 1620. The molecule has 0 bridgehead atoms. The molecule has 0 unspecified atom stereocenters. The number of hydrogen-bond acceptors (Lipinski definition) is 8. The van der Waals surface area contributed by atoms with Gasteiger partial charge in [-0.05, 0) is 64.7 Å². The summed E-state index contributed by atoms with van der Waals surface area (Å²) in [6.07, 6.45) is 3.15. The summed E-state index contributed by atoms with van der Waals surface area (Å²) in [6.45, 7) is 11.9. The lowest BCUT2D eigenvalue weighted by molar-refractivity contribution is 0.247. The number of fused-ring (bicyclic) bond motifs is 1. The molecule has 3 aromatic heterocycles. The van der Waals surface area contributed by atoms with Crippen LogP contribution >= 0.6 is 0 Å². The third kappa shape index (κ3) is 4.49. The van der Waals surface area contributed by atoms with Gasteiger partial charge in [-0.3, -0.25) is 9.59 Å². The lowest BCUT2D eigenvalue weighted by Gasteiger charge is -2.45. The topological polar surface area (TPSA) is 106 Å². The summed E-state index contributed by atoms with van der Waals surface area (Å²) in [5.41, 5.74) is 3.13. The first-order chi connectivity index (χ1) is 18.2. The molecule has 1 aromatic carbocycles. The third-order valence-corrected chi connectivity index (χ3v) is 6.88. The third-order valence-electron chi connectivity index (χ3n) is 6.88. The molecule has 198 valence electrons. The Morgan fingerprint density at radius 3 is 2.61 bits per heavy atom. The van der Waals surface area contributed by atoms with Crippen molar-refractivity contribution >= 4 is 28.4 Å². The van der Waals surface area contributed by atoms with Crippen LogP contribution in [0.2, 0.25) is 0 Å². The normalized spacial score (nSPS) is 13.9. The van der Waals surface area contributed by atoms with Gasteiger partial charge in [0.1, 0.15) is 5.39 Å². The lowest BCUT2D eigenvalue weighted by Crippen LogP contribution is -2.57. The maximum absolute atomic E-state index is 13.2. The van der Waals surface area contributed by atoms with E-state index in [1.165, 1.54) is 27.3 Å². The molecule has 0 spiro atoms. The molecule has 0 atom stereocenters. The molecule has 0 radical (unpaired) electrons. The molecule has 1 aliphatic heterocycles. The minimum atomic E-state index is -0.263. The van der Waals surface area contributed by atoms with Gasteiger partial charge >= 0.3 is 0 Å². The second-order valence-electron chi connectivity index (χ2n) is 10.1. The molecular formula is C27H33N9O2. The van der Waals surface area contributed by atoms with Crippen LogP contribution < -0.4 is 21.3 Å². The molecule has 0 aliphatic carbocycles. The van der Waals surface area contributed by atoms with Gasteiger partial charge in [0.25, 0.3) is 11.1 Å². The molecule has 1 aliphatic rings. The van der Waals surface area contributed by atoms with Gasteiger partial charge in [-0.2, -0.15) is 4.98 Å². The number of anilines is 3. The largest absolute Gasteiger partial charge is 0.368 e. The zero-order valence-electron chi connectivity index (χ0n) is 22.4. The zero-order chi connectivity index (χ0) is 27.1. The molecule has 0 saturated carbocycles. The number of aromatic nitrogens is 6. The van der Waals surface area contributed by atoms with E-state index in [0.717, 1.165) is 24.3 Å². The van der Waals surface area contributed by atoms with Gasteiger partial charge in [0.2, 0.25) is 5.95 Å². The smallest absolute Gasteiger partial charge is 0.278 e. The minimum Gasteiger partial charge on any atom is -0.368 e. The predicted octanol–water partition coefficient (Wildman–Crippen LogP) is 2.71. The van der Waals surface area contributed by atoms with Gasteiger partial charge in [0.15, 0.2) is 11.5 Å². The summed E-state index contributed by atoms with van der Waals surface area (Å²) in [7, 11) is 4.22. The molecule has 1 saturated heterocycles. The number of likely N-dealkylation sites (N-methyl/N-ethyl adjacent to an activating group) is 1. The Morgan fingerprint density at radius 1 is 1.18 bits per heavy atom. The fourth-order valence-corrected chi connectivity index (χ4v) is 4.70. The number of allylic oxidation sites excluding steroid dienone is 1. The van der Waals surface area contributed by atoms with Gasteiger partial charge in [-0.1, -0.05) is 6.08 Å². The van der Waals surface area contributed by atoms with E-state index in [-0.39, 0.29) is 23.7 Å². The van der Waals surface area contributed by atoms with Crippen molar-refractivity contribution in [1.29, 1.82) is 0 Å². The molecule has 0 amide bonds. The Morgan fingerprint density at radius 2 is 1.95 bits per heavy atom. The Labute approximate surface area is 220 Å². The van der Waals surface area contributed by atoms with Crippen molar-refractivity contribution in [2.24, 2.45) is 0 Å². The average molecular weight is 516 g/mol. The molecule has 1 fully saturated rings. The SMILES string of the molecule is C=CCn1c(=O)c2cnc(Nc3ccc(N4CC(N(C)C)C4)c(C)c3)nc2n1-c1ccc(=O)n(C(C)C)n1. The molecular weight excluding hydrogens is 482 g/mol. The summed E-state index contributed by atoms with van der Waals surface area (Å²) in [5.74, 6) is 0.755. The number of benzene rings is 1. The van der Waals surface area contributed by atoms with Crippen LogP contribution in [0.5, 0.6) is 0 Å². The van der Waals surface area contributed by atoms with Gasteiger partial charge in [0, 0.05) is 42.8 Å². The maximum atomic E-state index is 13.2. The van der Waals surface area contributed by atoms with Crippen LogP contribution in [0.1, 0.15) is 25.5 Å². The van der Waals surface area contributed by atoms with E-state index in [0.29, 0.717) is 28.8 Å². The van der Waals surface area contributed by atoms with Crippen molar-refractivity contribution in [3.05, 3.63) is 75.5 Å². The van der Waals surface area contributed by atoms with E-state index in [1.54, 1.807) is 16.8 Å². The van der Waals surface area contributed by atoms with E-state index in [9.17, 15) is 9.59 Å². The highest BCUT2D eigenvalue weighted by atomic mass is 16.1. The maximum Gasteiger partial charge on any atom is 0.278 e. The average Bonchev–Trinajstić information content (AvgIpc) is 3.10. The predicted molar refractivity (Wildman–Crippen MR) is 150 cm³/mol. The summed E-state index contributed by atoms with van der Waals surface area (Å²) >= 11 is 0. The van der Waals surface area contributed by atoms with Gasteiger partial charge < -0.3 is 15.1 Å². The van der Waals surface area contributed by atoms with Crippen LogP contribution in [-0.4, -0.2) is 67.2 Å². The molecule has 4 aromatic rings. The summed E-state index contributed by atoms with van der Waals surface area (Å²) < 4.78 is 4.48. The molecule has 38 heavy (non-hydrogen) atoms. The van der Waals surface area contributed by atoms with Crippen molar-refractivity contribution in [1.82, 2.24) is 34.0 Å². The second kappa shape index (κ2) is 9.90. The molecule has 4 heterocycles. The first-order valence-corrected chi connectivity index (χ1v) is 12.7. The van der Waals surface area contributed by atoms with E-state index in [2.05, 4.69) is 64.9 Å². The van der Waals surface area contributed by atoms with Crippen molar-refractivity contribution in [3.63, 3.8) is 0 Å². The van der Waals surface area contributed by atoms with E-state index in [4.69, 9.17) is 4.98 Å². The van der Waals surface area contributed by atoms with Crippen molar-refractivity contribution in [2.75, 3.05) is 37.4 Å². The highest BCUT2D eigenvalue weighted by molar-refractivity contribution is 5.77. The standard InChI is InChI=1S/C27H33N9O2/c1-7-12-34-26(38)21-14-28-27(30-25(21)36(34)23-10-11-24(37)35(31-23)17(2)3)29-19-8-9-22(18(4)13-19)33-15-20(16-33)32(5)6/h7-11,13-14,17,20H,1,12,15-16H2,2-6H3,(H,28,29,30). The fraction of sp³-hybridized carbons (Fsp3) is 0.370. The summed E-state index contributed by atoms with van der Waals surface area (Å²) in [6, 6.07) is 9.65. The first-order valence-electron chi connectivity index (χ1n) is 12.7. The van der Waals surface area contributed by atoms with E-state index < -0.39 is 0 Å². The first kappa shape index (κ1) is 25.4.